The normalized spacial score (nSPS) is 15.1. The third kappa shape index (κ3) is 2.83. The van der Waals surface area contributed by atoms with Gasteiger partial charge in [-0.3, -0.25) is 9.56 Å². The van der Waals surface area contributed by atoms with Crippen molar-refractivity contribution in [1.29, 1.82) is 0 Å². The molecule has 5 heteroatoms. The average Bonchev–Trinajstić information content (AvgIpc) is 3.14. The van der Waals surface area contributed by atoms with E-state index < -0.39 is 0 Å². The fourth-order valence-corrected chi connectivity index (χ4v) is 3.73. The maximum absolute atomic E-state index is 10.5. The molecule has 1 aliphatic heterocycles. The first-order chi connectivity index (χ1) is 12.1. The van der Waals surface area contributed by atoms with Crippen molar-refractivity contribution in [3.63, 3.8) is 0 Å². The lowest BCUT2D eigenvalue weighted by Gasteiger charge is -1.99. The Morgan fingerprint density at radius 2 is 1.88 bits per heavy atom. The molecule has 25 heavy (non-hydrogen) atoms. The summed E-state index contributed by atoms with van der Waals surface area (Å²) >= 11 is 1.46. The Labute approximate surface area is 149 Å². The van der Waals surface area contributed by atoms with Gasteiger partial charge >= 0.3 is 0 Å². The summed E-state index contributed by atoms with van der Waals surface area (Å²) in [6.07, 6.45) is 3.80. The number of benzene rings is 2. The molecule has 0 saturated carbocycles. The van der Waals surface area contributed by atoms with Crippen LogP contribution in [0, 0.1) is 6.92 Å². The molecular formula is C20H17N3OS. The molecule has 124 valence electrons. The van der Waals surface area contributed by atoms with E-state index in [-0.39, 0.29) is 5.88 Å². The summed E-state index contributed by atoms with van der Waals surface area (Å²) in [5.41, 5.74) is 5.04. The average molecular weight is 347 g/mol. The Kier molecular flexibility index (Phi) is 3.86. The fraction of sp³-hybridized carbons (Fsp3) is 0.100. The van der Waals surface area contributed by atoms with Gasteiger partial charge in [0.05, 0.1) is 16.3 Å². The third-order valence-corrected chi connectivity index (χ3v) is 5.27. The molecule has 0 radical (unpaired) electrons. The minimum Gasteiger partial charge on any atom is -0.493 e. The number of thiazole rings is 1. The van der Waals surface area contributed by atoms with Gasteiger partial charge in [-0.1, -0.05) is 47.7 Å². The van der Waals surface area contributed by atoms with Crippen LogP contribution < -0.4 is 4.80 Å². The van der Waals surface area contributed by atoms with Crippen molar-refractivity contribution < 1.29 is 5.11 Å². The van der Waals surface area contributed by atoms with Gasteiger partial charge in [0.1, 0.15) is 0 Å². The highest BCUT2D eigenvalue weighted by Gasteiger charge is 2.14. The number of fused-ring (bicyclic) bond motifs is 1. The zero-order valence-electron chi connectivity index (χ0n) is 14.0. The van der Waals surface area contributed by atoms with Crippen molar-refractivity contribution in [2.75, 3.05) is 0 Å². The summed E-state index contributed by atoms with van der Waals surface area (Å²) in [5.74, 6) is 0.211. The number of hydrogen-bond donors (Lipinski definition) is 1. The first-order valence-corrected chi connectivity index (χ1v) is 8.79. The first kappa shape index (κ1) is 15.6. The number of nitrogens with zero attached hydrogens (tertiary/aromatic N) is 3. The van der Waals surface area contributed by atoms with Crippen LogP contribution in [0.2, 0.25) is 0 Å². The van der Waals surface area contributed by atoms with Gasteiger partial charge in [0, 0.05) is 24.4 Å². The van der Waals surface area contributed by atoms with Crippen molar-refractivity contribution in [3.8, 4) is 5.88 Å². The lowest BCUT2D eigenvalue weighted by atomic mass is 10.1. The summed E-state index contributed by atoms with van der Waals surface area (Å²) in [4.78, 5) is 10.6. The molecule has 0 atom stereocenters. The summed E-state index contributed by atoms with van der Waals surface area (Å²) < 4.78 is 1.71. The smallest absolute Gasteiger partial charge is 0.210 e. The predicted octanol–water partition coefficient (Wildman–Crippen LogP) is 4.59. The quantitative estimate of drug-likeness (QED) is 0.724. The van der Waals surface area contributed by atoms with Gasteiger partial charge in [0.15, 0.2) is 4.80 Å². The number of hydrogen-bond acceptors (Lipinski definition) is 4. The van der Waals surface area contributed by atoms with Gasteiger partial charge in [0.2, 0.25) is 5.88 Å². The summed E-state index contributed by atoms with van der Waals surface area (Å²) in [6.45, 7) is 2.03. The maximum Gasteiger partial charge on any atom is 0.210 e. The molecule has 2 heterocycles. The van der Waals surface area contributed by atoms with Crippen LogP contribution in [0.5, 0.6) is 5.88 Å². The molecule has 1 aliphatic rings. The van der Waals surface area contributed by atoms with Crippen molar-refractivity contribution in [2.24, 2.45) is 17.0 Å². The summed E-state index contributed by atoms with van der Waals surface area (Å²) in [7, 11) is 1.82. The molecule has 4 nitrogen and oxygen atoms in total. The van der Waals surface area contributed by atoms with Gasteiger partial charge in [-0.2, -0.15) is 0 Å². The van der Waals surface area contributed by atoms with Gasteiger partial charge in [0.25, 0.3) is 0 Å². The van der Waals surface area contributed by atoms with Crippen LogP contribution in [0.25, 0.3) is 11.6 Å². The minimum absolute atomic E-state index is 0.211. The molecular weight excluding hydrogens is 330 g/mol. The molecule has 0 saturated heterocycles. The molecule has 0 spiro atoms. The summed E-state index contributed by atoms with van der Waals surface area (Å²) in [5, 5.41) is 10.5. The van der Waals surface area contributed by atoms with Gasteiger partial charge in [-0.15, -0.1) is 0 Å². The fourth-order valence-electron chi connectivity index (χ4n) is 2.75. The second-order valence-corrected chi connectivity index (χ2v) is 6.91. The Morgan fingerprint density at radius 3 is 2.72 bits per heavy atom. The topological polar surface area (TPSA) is 49.9 Å². The molecule has 0 unspecified atom stereocenters. The second kappa shape index (κ2) is 6.18. The highest BCUT2D eigenvalue weighted by Crippen LogP contribution is 2.34. The SMILES string of the molecule is Cc1ccccc1N=c1sc(/C=C2\C=Nc3ccccc32)c(O)n1C. The second-order valence-electron chi connectivity index (χ2n) is 5.90. The van der Waals surface area contributed by atoms with E-state index in [1.807, 2.05) is 74.8 Å². The van der Waals surface area contributed by atoms with Crippen LogP contribution in [0.1, 0.15) is 16.0 Å². The highest BCUT2D eigenvalue weighted by atomic mass is 32.1. The zero-order chi connectivity index (χ0) is 17.4. The van der Waals surface area contributed by atoms with E-state index in [1.165, 1.54) is 11.3 Å². The van der Waals surface area contributed by atoms with E-state index in [4.69, 9.17) is 4.99 Å². The molecule has 2 aromatic carbocycles. The van der Waals surface area contributed by atoms with Crippen molar-refractivity contribution in [1.82, 2.24) is 4.57 Å². The maximum atomic E-state index is 10.5. The third-order valence-electron chi connectivity index (χ3n) is 4.20. The van der Waals surface area contributed by atoms with Gasteiger partial charge in [-0.25, -0.2) is 4.99 Å². The van der Waals surface area contributed by atoms with Crippen LogP contribution in [-0.2, 0) is 7.05 Å². The van der Waals surface area contributed by atoms with Crippen LogP contribution in [-0.4, -0.2) is 15.9 Å². The predicted molar refractivity (Wildman–Crippen MR) is 104 cm³/mol. The number of rotatable bonds is 2. The molecule has 1 aromatic heterocycles. The molecule has 1 N–H and O–H groups in total. The number of aromatic nitrogens is 1. The van der Waals surface area contributed by atoms with E-state index in [9.17, 15) is 5.11 Å². The van der Waals surface area contributed by atoms with Crippen LogP contribution in [0.4, 0.5) is 11.4 Å². The summed E-state index contributed by atoms with van der Waals surface area (Å²) in [6, 6.07) is 16.0. The van der Waals surface area contributed by atoms with Crippen LogP contribution >= 0.6 is 11.3 Å². The Balaban J connectivity index is 1.80. The molecule has 0 amide bonds. The van der Waals surface area contributed by atoms with Crippen molar-refractivity contribution >= 4 is 40.6 Å². The molecule has 0 bridgehead atoms. The molecule has 0 aliphatic carbocycles. The molecule has 0 fully saturated rings. The molecule has 3 aromatic rings. The number of aryl methyl sites for hydroxylation is 1. The monoisotopic (exact) mass is 347 g/mol. The minimum atomic E-state index is 0.211. The highest BCUT2D eigenvalue weighted by molar-refractivity contribution is 7.10. The number of para-hydroxylation sites is 2. The van der Waals surface area contributed by atoms with E-state index in [1.54, 1.807) is 4.57 Å². The number of allylic oxidation sites excluding steroid dienone is 1. The van der Waals surface area contributed by atoms with Gasteiger partial charge in [-0.05, 0) is 30.7 Å². The Hall–Kier alpha value is -2.92. The Bertz CT molecular complexity index is 1090. The first-order valence-electron chi connectivity index (χ1n) is 7.98. The van der Waals surface area contributed by atoms with Crippen LogP contribution in [0.3, 0.4) is 0 Å². The van der Waals surface area contributed by atoms with E-state index >= 15 is 0 Å². The number of aliphatic imine (C=N–C) groups is 1. The Morgan fingerprint density at radius 1 is 1.12 bits per heavy atom. The van der Waals surface area contributed by atoms with Crippen molar-refractivity contribution in [3.05, 3.63) is 69.3 Å². The lowest BCUT2D eigenvalue weighted by Crippen LogP contribution is -2.08. The molecule has 4 rings (SSSR count). The van der Waals surface area contributed by atoms with Crippen LogP contribution in [0.15, 0.2) is 58.5 Å². The van der Waals surface area contributed by atoms with E-state index in [0.29, 0.717) is 0 Å². The lowest BCUT2D eigenvalue weighted by molar-refractivity contribution is 0.427. The van der Waals surface area contributed by atoms with Crippen molar-refractivity contribution in [2.45, 2.75) is 6.92 Å². The largest absolute Gasteiger partial charge is 0.493 e. The van der Waals surface area contributed by atoms with E-state index in [0.717, 1.165) is 37.8 Å². The van der Waals surface area contributed by atoms with E-state index in [2.05, 4.69) is 4.99 Å². The standard InChI is InChI=1S/C20H17N3OS/c1-13-7-3-5-9-16(13)22-20-23(2)19(24)18(25-20)11-14-12-21-17-10-6-4-8-15(14)17/h3-12,24H,1-2H3/b14-11+,22-20?. The van der Waals surface area contributed by atoms with Gasteiger partial charge < -0.3 is 5.11 Å². The zero-order valence-corrected chi connectivity index (χ0v) is 14.8. The number of aromatic hydroxyl groups is 1.